The molecule has 2 heterocycles. The highest BCUT2D eigenvalue weighted by Gasteiger charge is 2.46. The van der Waals surface area contributed by atoms with E-state index in [0.29, 0.717) is 4.90 Å². The molecule has 7 nitrogen and oxygen atoms in total. The van der Waals surface area contributed by atoms with E-state index < -0.39 is 53.8 Å². The second kappa shape index (κ2) is 10.2. The number of hydrogen-bond acceptors (Lipinski definition) is 7. The van der Waals surface area contributed by atoms with Crippen molar-refractivity contribution in [3.63, 3.8) is 0 Å². The van der Waals surface area contributed by atoms with Gasteiger partial charge in [0.05, 0.1) is 27.9 Å². The summed E-state index contributed by atoms with van der Waals surface area (Å²) in [7, 11) is 0. The van der Waals surface area contributed by atoms with Gasteiger partial charge < -0.3 is 20.1 Å². The maximum absolute atomic E-state index is 13.6. The number of halogens is 6. The fourth-order valence-electron chi connectivity index (χ4n) is 3.46. The van der Waals surface area contributed by atoms with Crippen molar-refractivity contribution < 1.29 is 33.2 Å². The molecule has 0 aliphatic carbocycles. The van der Waals surface area contributed by atoms with E-state index in [2.05, 4.69) is 10.3 Å². The Morgan fingerprint density at radius 1 is 0.971 bits per heavy atom. The third kappa shape index (κ3) is 4.89. The first-order valence-electron chi connectivity index (χ1n) is 9.61. The van der Waals surface area contributed by atoms with Crippen molar-refractivity contribution >= 4 is 46.6 Å². The fourth-order valence-corrected chi connectivity index (χ4v) is 5.31. The van der Waals surface area contributed by atoms with Gasteiger partial charge in [-0.25, -0.2) is 17.9 Å². The van der Waals surface area contributed by atoms with Gasteiger partial charge in [0.15, 0.2) is 17.5 Å². The largest absolute Gasteiger partial charge is 0.394 e. The maximum atomic E-state index is 13.6. The zero-order valence-corrected chi connectivity index (χ0v) is 19.8. The van der Waals surface area contributed by atoms with Crippen molar-refractivity contribution in [1.82, 2.24) is 15.0 Å². The van der Waals surface area contributed by atoms with Crippen LogP contribution in [0.1, 0.15) is 6.04 Å². The normalized spacial score (nSPS) is 25.0. The molecule has 5 atom stereocenters. The first kappa shape index (κ1) is 25.5. The Morgan fingerprint density at radius 3 is 2.26 bits per heavy atom. The van der Waals surface area contributed by atoms with Crippen molar-refractivity contribution in [3.05, 3.63) is 63.0 Å². The topological polar surface area (TPSA) is 101 Å². The van der Waals surface area contributed by atoms with Crippen LogP contribution >= 0.6 is 46.6 Å². The van der Waals surface area contributed by atoms with Gasteiger partial charge in [-0.1, -0.05) is 51.8 Å². The number of aliphatic hydroxyl groups is 3. The van der Waals surface area contributed by atoms with Crippen LogP contribution in [0.2, 0.25) is 15.1 Å². The van der Waals surface area contributed by atoms with E-state index in [-0.39, 0.29) is 26.3 Å². The lowest BCUT2D eigenvalue weighted by molar-refractivity contribution is -0.178. The molecule has 4 rings (SSSR count). The van der Waals surface area contributed by atoms with Gasteiger partial charge in [-0.15, -0.1) is 5.10 Å². The smallest absolute Gasteiger partial charge is 0.194 e. The Kier molecular flexibility index (Phi) is 7.65. The van der Waals surface area contributed by atoms with Gasteiger partial charge in [-0.2, -0.15) is 0 Å². The molecule has 3 N–H and O–H groups in total. The van der Waals surface area contributed by atoms with Gasteiger partial charge in [0.25, 0.3) is 0 Å². The van der Waals surface area contributed by atoms with Gasteiger partial charge in [0.1, 0.15) is 35.5 Å². The molecule has 0 amide bonds. The summed E-state index contributed by atoms with van der Waals surface area (Å²) in [4.78, 5) is 0.420. The van der Waals surface area contributed by atoms with Crippen LogP contribution in [0, 0.1) is 17.5 Å². The quantitative estimate of drug-likeness (QED) is 0.321. The Bertz CT molecular complexity index is 1200. The third-order valence-electron chi connectivity index (χ3n) is 5.16. The number of aromatic nitrogens is 3. The SMILES string of the molecule is OCC1OC(Sc2cc(Cl)c(Cl)cc2Cl)C(O)C(n2cc(-c3cc(F)c(F)c(F)c3)nn2)C1O. The molecule has 0 radical (unpaired) electrons. The number of thioether (sulfide) groups is 1. The Morgan fingerprint density at radius 2 is 1.62 bits per heavy atom. The summed E-state index contributed by atoms with van der Waals surface area (Å²) in [6.45, 7) is -0.591. The minimum atomic E-state index is -1.63. The van der Waals surface area contributed by atoms with Crippen molar-refractivity contribution in [1.29, 1.82) is 0 Å². The van der Waals surface area contributed by atoms with Gasteiger partial charge in [0, 0.05) is 10.5 Å². The van der Waals surface area contributed by atoms with Crippen LogP contribution < -0.4 is 0 Å². The zero-order chi connectivity index (χ0) is 24.7. The maximum Gasteiger partial charge on any atom is 0.194 e. The molecule has 1 aliphatic rings. The summed E-state index contributed by atoms with van der Waals surface area (Å²) < 4.78 is 47.3. The highest BCUT2D eigenvalue weighted by Crippen LogP contribution is 2.42. The number of hydrogen-bond donors (Lipinski definition) is 3. The van der Waals surface area contributed by atoms with Crippen LogP contribution in [0.4, 0.5) is 13.2 Å². The number of aliphatic hydroxyl groups excluding tert-OH is 3. The number of benzene rings is 2. The monoisotopic (exact) mass is 555 g/mol. The molecule has 1 saturated heterocycles. The van der Waals surface area contributed by atoms with Crippen molar-refractivity contribution in [2.75, 3.05) is 6.61 Å². The molecule has 182 valence electrons. The number of rotatable bonds is 5. The Balaban J connectivity index is 1.65. The summed E-state index contributed by atoms with van der Waals surface area (Å²) in [5.74, 6) is -4.45. The lowest BCUT2D eigenvalue weighted by Gasteiger charge is -2.41. The van der Waals surface area contributed by atoms with Crippen molar-refractivity contribution in [3.8, 4) is 11.3 Å². The average Bonchev–Trinajstić information content (AvgIpc) is 3.27. The lowest BCUT2D eigenvalue weighted by Crippen LogP contribution is -2.55. The van der Waals surface area contributed by atoms with Gasteiger partial charge in [0.2, 0.25) is 0 Å². The van der Waals surface area contributed by atoms with Crippen LogP contribution in [-0.4, -0.2) is 60.7 Å². The fraction of sp³-hybridized carbons (Fsp3) is 0.300. The molecule has 5 unspecified atom stereocenters. The van der Waals surface area contributed by atoms with E-state index in [0.717, 1.165) is 28.6 Å². The highest BCUT2D eigenvalue weighted by atomic mass is 35.5. The van der Waals surface area contributed by atoms with E-state index in [4.69, 9.17) is 39.5 Å². The predicted octanol–water partition coefficient (Wildman–Crippen LogP) is 4.10. The number of ether oxygens (including phenoxy) is 1. The van der Waals surface area contributed by atoms with E-state index in [1.807, 2.05) is 0 Å². The Labute approximate surface area is 210 Å². The molecular formula is C20H15Cl3F3N3O4S. The molecular weight excluding hydrogens is 542 g/mol. The third-order valence-corrected chi connectivity index (χ3v) is 7.52. The van der Waals surface area contributed by atoms with Crippen LogP contribution in [0.3, 0.4) is 0 Å². The average molecular weight is 557 g/mol. The molecule has 1 aromatic heterocycles. The molecule has 14 heteroatoms. The molecule has 34 heavy (non-hydrogen) atoms. The van der Waals surface area contributed by atoms with E-state index in [1.54, 1.807) is 0 Å². The second-order valence-electron chi connectivity index (χ2n) is 7.35. The standard InChI is InChI=1S/C20H15Cl3F3N3O4S/c21-8-3-10(23)15(4-9(8)22)34-20-19(32)17(18(31)14(6-30)33-20)29-5-13(27-28-29)7-1-11(24)16(26)12(25)2-7/h1-5,14,17-20,30-32H,6H2. The summed E-state index contributed by atoms with van der Waals surface area (Å²) in [5.41, 5.74) is -1.19. The summed E-state index contributed by atoms with van der Waals surface area (Å²) in [6, 6.07) is 3.20. The minimum Gasteiger partial charge on any atom is -0.394 e. The van der Waals surface area contributed by atoms with E-state index in [1.165, 1.54) is 18.3 Å². The van der Waals surface area contributed by atoms with Crippen molar-refractivity contribution in [2.24, 2.45) is 0 Å². The summed E-state index contributed by atoms with van der Waals surface area (Å²) in [5, 5.41) is 39.7. The molecule has 2 aromatic carbocycles. The van der Waals surface area contributed by atoms with Crippen LogP contribution in [0.5, 0.6) is 0 Å². The van der Waals surface area contributed by atoms with Gasteiger partial charge in [-0.05, 0) is 24.3 Å². The van der Waals surface area contributed by atoms with Crippen LogP contribution in [0.25, 0.3) is 11.3 Å². The lowest BCUT2D eigenvalue weighted by atomic mass is 9.97. The van der Waals surface area contributed by atoms with E-state index in [9.17, 15) is 28.5 Å². The molecule has 0 saturated carbocycles. The predicted molar refractivity (Wildman–Crippen MR) is 119 cm³/mol. The van der Waals surface area contributed by atoms with Crippen LogP contribution in [0.15, 0.2) is 35.4 Å². The molecule has 0 spiro atoms. The van der Waals surface area contributed by atoms with E-state index >= 15 is 0 Å². The minimum absolute atomic E-state index is 0.0408. The van der Waals surface area contributed by atoms with Gasteiger partial charge >= 0.3 is 0 Å². The molecule has 1 aliphatic heterocycles. The Hall–Kier alpha value is -1.57. The highest BCUT2D eigenvalue weighted by molar-refractivity contribution is 8.00. The van der Waals surface area contributed by atoms with Gasteiger partial charge in [-0.3, -0.25) is 0 Å². The van der Waals surface area contributed by atoms with Crippen molar-refractivity contribution in [2.45, 2.75) is 34.7 Å². The molecule has 1 fully saturated rings. The second-order valence-corrected chi connectivity index (χ2v) is 9.71. The number of nitrogens with zero attached hydrogens (tertiary/aromatic N) is 3. The van der Waals surface area contributed by atoms with Crippen LogP contribution in [-0.2, 0) is 4.74 Å². The zero-order valence-electron chi connectivity index (χ0n) is 16.7. The summed E-state index contributed by atoms with van der Waals surface area (Å²) >= 11 is 19.2. The summed E-state index contributed by atoms with van der Waals surface area (Å²) in [6.07, 6.45) is -2.75. The first-order valence-corrected chi connectivity index (χ1v) is 11.6. The molecule has 3 aromatic rings. The molecule has 0 bridgehead atoms. The first-order chi connectivity index (χ1) is 16.1.